The van der Waals surface area contributed by atoms with Crippen LogP contribution in [0.4, 0.5) is 0 Å². The summed E-state index contributed by atoms with van der Waals surface area (Å²) in [6.07, 6.45) is 3.42. The normalized spacial score (nSPS) is 14.6. The number of hydrogen-bond donors (Lipinski definition) is 1. The molecule has 0 amide bonds. The standard InChI is InChI=1S/C22H23NO3/c1-4-16-13-20-19(22(2,3)9-10-26-20)12-17(16)6-8-18-7-5-15(14-23-18)11-21(24)25/h5,7,12-14H,4,9-11H2,1-3H3,(H,24,25). The molecule has 0 spiro atoms. The average Bonchev–Trinajstić information content (AvgIpc) is 2.60. The summed E-state index contributed by atoms with van der Waals surface area (Å²) in [7, 11) is 0. The lowest BCUT2D eigenvalue weighted by Gasteiger charge is -2.33. The summed E-state index contributed by atoms with van der Waals surface area (Å²) in [4.78, 5) is 15.0. The van der Waals surface area contributed by atoms with E-state index in [9.17, 15) is 4.79 Å². The van der Waals surface area contributed by atoms with E-state index in [1.54, 1.807) is 18.3 Å². The number of hydrogen-bond acceptors (Lipinski definition) is 3. The maximum Gasteiger partial charge on any atom is 0.307 e. The van der Waals surface area contributed by atoms with Gasteiger partial charge in [-0.2, -0.15) is 0 Å². The van der Waals surface area contributed by atoms with Crippen molar-refractivity contribution in [2.75, 3.05) is 6.61 Å². The zero-order chi connectivity index (χ0) is 18.7. The Labute approximate surface area is 154 Å². The highest BCUT2D eigenvalue weighted by Crippen LogP contribution is 2.39. The van der Waals surface area contributed by atoms with Crippen molar-refractivity contribution in [1.82, 2.24) is 4.98 Å². The van der Waals surface area contributed by atoms with E-state index in [0.717, 1.165) is 36.3 Å². The highest BCUT2D eigenvalue weighted by atomic mass is 16.5. The molecule has 0 saturated carbocycles. The van der Waals surface area contributed by atoms with Crippen molar-refractivity contribution in [2.45, 2.75) is 45.4 Å². The summed E-state index contributed by atoms with van der Waals surface area (Å²) in [6, 6.07) is 7.79. The highest BCUT2D eigenvalue weighted by Gasteiger charge is 2.29. The van der Waals surface area contributed by atoms with Crippen molar-refractivity contribution in [2.24, 2.45) is 0 Å². The SMILES string of the molecule is CCc1cc2c(cc1C#Cc1ccc(CC(=O)O)cn1)C(C)(C)CCO2. The molecule has 4 nitrogen and oxygen atoms in total. The van der Waals surface area contributed by atoms with Crippen molar-refractivity contribution >= 4 is 5.97 Å². The van der Waals surface area contributed by atoms with Crippen LogP contribution >= 0.6 is 0 Å². The van der Waals surface area contributed by atoms with E-state index in [0.29, 0.717) is 11.3 Å². The van der Waals surface area contributed by atoms with Crippen LogP contribution < -0.4 is 4.74 Å². The third-order valence-corrected chi connectivity index (χ3v) is 4.81. The fourth-order valence-electron chi connectivity index (χ4n) is 3.14. The van der Waals surface area contributed by atoms with Gasteiger partial charge in [-0.15, -0.1) is 0 Å². The fourth-order valence-corrected chi connectivity index (χ4v) is 3.14. The number of carboxylic acid groups (broad SMARTS) is 1. The minimum atomic E-state index is -0.864. The maximum absolute atomic E-state index is 10.7. The number of carboxylic acids is 1. The van der Waals surface area contributed by atoms with Gasteiger partial charge in [0.15, 0.2) is 0 Å². The zero-order valence-corrected chi connectivity index (χ0v) is 15.4. The fraction of sp³-hybridized carbons (Fsp3) is 0.364. The van der Waals surface area contributed by atoms with Crippen molar-refractivity contribution < 1.29 is 14.6 Å². The maximum atomic E-state index is 10.7. The molecule has 4 heteroatoms. The van der Waals surface area contributed by atoms with E-state index in [4.69, 9.17) is 9.84 Å². The molecule has 2 aromatic rings. The first kappa shape index (κ1) is 18.0. The van der Waals surface area contributed by atoms with E-state index < -0.39 is 5.97 Å². The molecule has 26 heavy (non-hydrogen) atoms. The molecule has 1 aromatic heterocycles. The van der Waals surface area contributed by atoms with Crippen LogP contribution in [0.15, 0.2) is 30.5 Å². The highest BCUT2D eigenvalue weighted by molar-refractivity contribution is 5.70. The Hall–Kier alpha value is -2.80. The zero-order valence-electron chi connectivity index (χ0n) is 15.4. The van der Waals surface area contributed by atoms with E-state index in [1.807, 2.05) is 0 Å². The Kier molecular flexibility index (Phi) is 4.99. The van der Waals surface area contributed by atoms with Gasteiger partial charge in [-0.05, 0) is 53.5 Å². The van der Waals surface area contributed by atoms with Crippen molar-refractivity contribution in [3.8, 4) is 17.6 Å². The molecule has 0 aliphatic carbocycles. The van der Waals surface area contributed by atoms with E-state index in [-0.39, 0.29) is 11.8 Å². The van der Waals surface area contributed by atoms with Crippen molar-refractivity contribution in [3.05, 3.63) is 58.4 Å². The van der Waals surface area contributed by atoms with Gasteiger partial charge < -0.3 is 9.84 Å². The topological polar surface area (TPSA) is 59.4 Å². The van der Waals surface area contributed by atoms with Gasteiger partial charge in [0.2, 0.25) is 0 Å². The van der Waals surface area contributed by atoms with Gasteiger partial charge in [-0.25, -0.2) is 4.98 Å². The summed E-state index contributed by atoms with van der Waals surface area (Å²) < 4.78 is 5.86. The number of aryl methyl sites for hydroxylation is 1. The van der Waals surface area contributed by atoms with Gasteiger partial charge in [0.1, 0.15) is 11.4 Å². The summed E-state index contributed by atoms with van der Waals surface area (Å²) in [5, 5.41) is 8.82. The molecule has 0 atom stereocenters. The molecule has 2 heterocycles. The van der Waals surface area contributed by atoms with Gasteiger partial charge in [0, 0.05) is 17.3 Å². The minimum Gasteiger partial charge on any atom is -0.493 e. The summed E-state index contributed by atoms with van der Waals surface area (Å²) in [6.45, 7) is 7.33. The van der Waals surface area contributed by atoms with Crippen molar-refractivity contribution in [1.29, 1.82) is 0 Å². The van der Waals surface area contributed by atoms with Crippen LogP contribution in [0.2, 0.25) is 0 Å². The van der Waals surface area contributed by atoms with Crippen LogP contribution in [0.1, 0.15) is 55.1 Å². The Morgan fingerprint density at radius 2 is 2.12 bits per heavy atom. The summed E-state index contributed by atoms with van der Waals surface area (Å²) in [5.41, 5.74) is 4.75. The molecule has 0 saturated heterocycles. The number of aliphatic carboxylic acids is 1. The Morgan fingerprint density at radius 1 is 1.31 bits per heavy atom. The van der Waals surface area contributed by atoms with Crippen LogP contribution in [-0.4, -0.2) is 22.7 Å². The molecule has 3 rings (SSSR count). The predicted molar refractivity (Wildman–Crippen MR) is 101 cm³/mol. The number of fused-ring (bicyclic) bond motifs is 1. The predicted octanol–water partition coefficient (Wildman–Crippen LogP) is 3.73. The van der Waals surface area contributed by atoms with Crippen LogP contribution in [0.5, 0.6) is 5.75 Å². The number of pyridine rings is 1. The van der Waals surface area contributed by atoms with Gasteiger partial charge in [0.25, 0.3) is 0 Å². The lowest BCUT2D eigenvalue weighted by atomic mass is 9.78. The average molecular weight is 349 g/mol. The first-order chi connectivity index (χ1) is 12.4. The van der Waals surface area contributed by atoms with Crippen LogP contribution in [0, 0.1) is 11.8 Å². The molecule has 1 aromatic carbocycles. The molecule has 0 fully saturated rings. The molecule has 134 valence electrons. The molecule has 0 bridgehead atoms. The summed E-state index contributed by atoms with van der Waals surface area (Å²) >= 11 is 0. The lowest BCUT2D eigenvalue weighted by Crippen LogP contribution is -2.27. The molecule has 1 aliphatic heterocycles. The molecular weight excluding hydrogens is 326 g/mol. The number of nitrogens with zero attached hydrogens (tertiary/aromatic N) is 1. The Bertz CT molecular complexity index is 886. The second kappa shape index (κ2) is 7.21. The quantitative estimate of drug-likeness (QED) is 0.858. The van der Waals surface area contributed by atoms with Gasteiger partial charge in [0.05, 0.1) is 13.0 Å². The van der Waals surface area contributed by atoms with E-state index >= 15 is 0 Å². The van der Waals surface area contributed by atoms with Gasteiger partial charge >= 0.3 is 5.97 Å². The number of carbonyl (C=O) groups is 1. The number of aromatic nitrogens is 1. The van der Waals surface area contributed by atoms with Crippen LogP contribution in [0.3, 0.4) is 0 Å². The monoisotopic (exact) mass is 349 g/mol. The number of ether oxygens (including phenoxy) is 1. The first-order valence-electron chi connectivity index (χ1n) is 8.88. The first-order valence-corrected chi connectivity index (χ1v) is 8.88. The largest absolute Gasteiger partial charge is 0.493 e. The van der Waals surface area contributed by atoms with Crippen molar-refractivity contribution in [3.63, 3.8) is 0 Å². The van der Waals surface area contributed by atoms with Crippen LogP contribution in [-0.2, 0) is 23.1 Å². The lowest BCUT2D eigenvalue weighted by molar-refractivity contribution is -0.136. The third kappa shape index (κ3) is 3.88. The molecular formula is C22H23NO3. The Morgan fingerprint density at radius 3 is 2.77 bits per heavy atom. The van der Waals surface area contributed by atoms with Gasteiger partial charge in [-0.1, -0.05) is 32.8 Å². The summed E-state index contributed by atoms with van der Waals surface area (Å²) in [5.74, 6) is 6.45. The second-order valence-corrected chi connectivity index (χ2v) is 7.21. The minimum absolute atomic E-state index is 0.0272. The van der Waals surface area contributed by atoms with E-state index in [2.05, 4.69) is 49.7 Å². The van der Waals surface area contributed by atoms with Crippen LogP contribution in [0.25, 0.3) is 0 Å². The molecule has 0 radical (unpaired) electrons. The van der Waals surface area contributed by atoms with E-state index in [1.165, 1.54) is 5.56 Å². The van der Waals surface area contributed by atoms with Gasteiger partial charge in [-0.3, -0.25) is 4.79 Å². The Balaban J connectivity index is 1.93. The third-order valence-electron chi connectivity index (χ3n) is 4.81. The second-order valence-electron chi connectivity index (χ2n) is 7.21. The smallest absolute Gasteiger partial charge is 0.307 e. The molecule has 1 N–H and O–H groups in total. The molecule has 1 aliphatic rings. The molecule has 0 unspecified atom stereocenters. The number of benzene rings is 1. The number of rotatable bonds is 3.